The number of rotatable bonds is 7. The molecule has 140 valence electrons. The molecule has 2 aromatic heterocycles. The third-order valence-corrected chi connectivity index (χ3v) is 3.97. The molecule has 0 saturated heterocycles. The molecule has 7 heteroatoms. The first-order chi connectivity index (χ1) is 13.0. The molecule has 0 aliphatic carbocycles. The molecule has 0 unspecified atom stereocenters. The largest absolute Gasteiger partial charge is 0.489 e. The Kier molecular flexibility index (Phi) is 5.71. The van der Waals surface area contributed by atoms with E-state index in [0.717, 1.165) is 0 Å². The molecule has 27 heavy (non-hydrogen) atoms. The van der Waals surface area contributed by atoms with E-state index < -0.39 is 5.82 Å². The van der Waals surface area contributed by atoms with Crippen LogP contribution in [0.4, 0.5) is 4.39 Å². The maximum absolute atomic E-state index is 13.5. The van der Waals surface area contributed by atoms with Gasteiger partial charge in [-0.2, -0.15) is 0 Å². The quantitative estimate of drug-likeness (QED) is 0.642. The van der Waals surface area contributed by atoms with Crippen LogP contribution in [0.3, 0.4) is 0 Å². The van der Waals surface area contributed by atoms with Crippen molar-refractivity contribution in [2.45, 2.75) is 6.54 Å². The number of pyridine rings is 1. The topological polar surface area (TPSA) is 64.7 Å². The second-order valence-corrected chi connectivity index (χ2v) is 5.94. The van der Waals surface area contributed by atoms with Gasteiger partial charge in [-0.15, -0.1) is 0 Å². The number of nitrogens with zero attached hydrogens (tertiary/aromatic N) is 2. The van der Waals surface area contributed by atoms with Crippen molar-refractivity contribution in [1.29, 1.82) is 0 Å². The molecule has 6 nitrogen and oxygen atoms in total. The van der Waals surface area contributed by atoms with Crippen LogP contribution in [-0.2, 0) is 6.54 Å². The van der Waals surface area contributed by atoms with Crippen LogP contribution in [0.25, 0.3) is 0 Å². The van der Waals surface area contributed by atoms with Crippen molar-refractivity contribution in [1.82, 2.24) is 9.47 Å². The van der Waals surface area contributed by atoms with Gasteiger partial charge >= 0.3 is 0 Å². The van der Waals surface area contributed by atoms with E-state index in [9.17, 15) is 14.0 Å². The molecule has 0 spiro atoms. The van der Waals surface area contributed by atoms with Crippen LogP contribution in [-0.4, -0.2) is 35.6 Å². The molecule has 0 fully saturated rings. The number of furan rings is 1. The first-order valence-corrected chi connectivity index (χ1v) is 8.41. The van der Waals surface area contributed by atoms with E-state index in [2.05, 4.69) is 0 Å². The molecule has 2 heterocycles. The zero-order valence-electron chi connectivity index (χ0n) is 14.8. The molecule has 0 N–H and O–H groups in total. The van der Waals surface area contributed by atoms with Crippen molar-refractivity contribution >= 4 is 5.91 Å². The summed E-state index contributed by atoms with van der Waals surface area (Å²) in [7, 11) is 1.61. The van der Waals surface area contributed by atoms with E-state index in [0.29, 0.717) is 5.76 Å². The Morgan fingerprint density at radius 2 is 1.93 bits per heavy atom. The highest BCUT2D eigenvalue weighted by atomic mass is 19.1. The number of carbonyl (C=O) groups excluding carboxylic acids is 1. The summed E-state index contributed by atoms with van der Waals surface area (Å²) >= 11 is 0. The summed E-state index contributed by atoms with van der Waals surface area (Å²) in [6, 6.07) is 14.2. The average molecular weight is 370 g/mol. The Balaban J connectivity index is 1.56. The Hall–Kier alpha value is -3.35. The van der Waals surface area contributed by atoms with E-state index >= 15 is 0 Å². The van der Waals surface area contributed by atoms with Gasteiger partial charge in [-0.3, -0.25) is 9.59 Å². The van der Waals surface area contributed by atoms with Gasteiger partial charge in [0.1, 0.15) is 12.4 Å². The second-order valence-electron chi connectivity index (χ2n) is 5.94. The summed E-state index contributed by atoms with van der Waals surface area (Å²) in [4.78, 5) is 25.6. The van der Waals surface area contributed by atoms with Crippen LogP contribution < -0.4 is 10.3 Å². The fourth-order valence-electron chi connectivity index (χ4n) is 2.48. The number of hydrogen-bond donors (Lipinski definition) is 0. The lowest BCUT2D eigenvalue weighted by molar-refractivity contribution is 0.0739. The third kappa shape index (κ3) is 4.63. The molecule has 3 aromatic rings. The SMILES string of the molecule is CN(CCOc1ccccc1F)C(=O)c1ccc(Cn2ccccc2=O)o1. The van der Waals surface area contributed by atoms with Gasteiger partial charge < -0.3 is 18.6 Å². The standard InChI is InChI=1S/C20H19FN2O4/c1-22(12-13-26-17-7-3-2-6-16(17)21)20(25)18-10-9-15(27-18)14-23-11-5-4-8-19(23)24/h2-11H,12-14H2,1H3. The summed E-state index contributed by atoms with van der Waals surface area (Å²) in [5.41, 5.74) is -0.149. The van der Waals surface area contributed by atoms with Crippen molar-refractivity contribution in [2.24, 2.45) is 0 Å². The van der Waals surface area contributed by atoms with E-state index in [1.54, 1.807) is 49.6 Å². The number of amides is 1. The highest BCUT2D eigenvalue weighted by Gasteiger charge is 2.16. The van der Waals surface area contributed by atoms with Crippen molar-refractivity contribution in [3.8, 4) is 5.75 Å². The summed E-state index contributed by atoms with van der Waals surface area (Å²) < 4.78 is 25.9. The number of likely N-dealkylation sites (N-methyl/N-ethyl adjacent to an activating group) is 1. The maximum Gasteiger partial charge on any atom is 0.289 e. The normalized spacial score (nSPS) is 10.6. The lowest BCUT2D eigenvalue weighted by Gasteiger charge is -2.16. The molecular formula is C20H19FN2O4. The molecule has 0 aliphatic heterocycles. The minimum absolute atomic E-state index is 0.145. The van der Waals surface area contributed by atoms with E-state index in [1.807, 2.05) is 0 Å². The Morgan fingerprint density at radius 3 is 2.70 bits per heavy atom. The average Bonchev–Trinajstić information content (AvgIpc) is 3.13. The van der Waals surface area contributed by atoms with Gasteiger partial charge in [0.05, 0.1) is 13.1 Å². The first kappa shape index (κ1) is 18.4. The maximum atomic E-state index is 13.5. The lowest BCUT2D eigenvalue weighted by atomic mass is 10.3. The monoisotopic (exact) mass is 370 g/mol. The van der Waals surface area contributed by atoms with Gasteiger partial charge in [0.2, 0.25) is 0 Å². The van der Waals surface area contributed by atoms with E-state index in [-0.39, 0.29) is 42.7 Å². The number of halogens is 1. The Bertz CT molecular complexity index is 980. The fraction of sp³-hybridized carbons (Fsp3) is 0.200. The zero-order valence-corrected chi connectivity index (χ0v) is 14.8. The minimum Gasteiger partial charge on any atom is -0.489 e. The molecule has 0 bridgehead atoms. The Labute approximate surface area is 155 Å². The van der Waals surface area contributed by atoms with Gasteiger partial charge in [-0.05, 0) is 30.3 Å². The number of benzene rings is 1. The molecule has 0 radical (unpaired) electrons. The summed E-state index contributed by atoms with van der Waals surface area (Å²) in [5.74, 6) is 0.0501. The molecule has 0 aliphatic rings. The summed E-state index contributed by atoms with van der Waals surface area (Å²) in [6.45, 7) is 0.657. The van der Waals surface area contributed by atoms with Gasteiger partial charge in [0.25, 0.3) is 11.5 Å². The fourth-order valence-corrected chi connectivity index (χ4v) is 2.48. The summed E-state index contributed by atoms with van der Waals surface area (Å²) in [5, 5.41) is 0. The van der Waals surface area contributed by atoms with Crippen LogP contribution in [0.15, 0.2) is 70.0 Å². The van der Waals surface area contributed by atoms with Crippen molar-refractivity contribution in [3.05, 3.63) is 88.5 Å². The highest BCUT2D eigenvalue weighted by Crippen LogP contribution is 2.15. The summed E-state index contributed by atoms with van der Waals surface area (Å²) in [6.07, 6.45) is 1.65. The number of para-hydroxylation sites is 1. The first-order valence-electron chi connectivity index (χ1n) is 8.41. The highest BCUT2D eigenvalue weighted by molar-refractivity contribution is 5.91. The number of carbonyl (C=O) groups is 1. The van der Waals surface area contributed by atoms with Gasteiger partial charge in [-0.25, -0.2) is 4.39 Å². The Morgan fingerprint density at radius 1 is 1.15 bits per heavy atom. The number of ether oxygens (including phenoxy) is 1. The predicted octanol–water partition coefficient (Wildman–Crippen LogP) is 2.78. The lowest BCUT2D eigenvalue weighted by Crippen LogP contribution is -2.30. The van der Waals surface area contributed by atoms with Gasteiger partial charge in [0, 0.05) is 19.3 Å². The molecule has 1 amide bonds. The molecule has 0 saturated carbocycles. The van der Waals surface area contributed by atoms with Crippen LogP contribution >= 0.6 is 0 Å². The van der Waals surface area contributed by atoms with Crippen LogP contribution in [0.2, 0.25) is 0 Å². The van der Waals surface area contributed by atoms with Crippen molar-refractivity contribution in [3.63, 3.8) is 0 Å². The minimum atomic E-state index is -0.446. The smallest absolute Gasteiger partial charge is 0.289 e. The van der Waals surface area contributed by atoms with Crippen LogP contribution in [0, 0.1) is 5.82 Å². The second kappa shape index (κ2) is 8.35. The van der Waals surface area contributed by atoms with Crippen molar-refractivity contribution in [2.75, 3.05) is 20.2 Å². The number of aromatic nitrogens is 1. The molecular weight excluding hydrogens is 351 g/mol. The van der Waals surface area contributed by atoms with Gasteiger partial charge in [0.15, 0.2) is 17.3 Å². The van der Waals surface area contributed by atoms with E-state index in [4.69, 9.17) is 9.15 Å². The molecule has 1 aromatic carbocycles. The van der Waals surface area contributed by atoms with Crippen LogP contribution in [0.1, 0.15) is 16.3 Å². The van der Waals surface area contributed by atoms with E-state index in [1.165, 1.54) is 27.7 Å². The molecule has 0 atom stereocenters. The predicted molar refractivity (Wildman–Crippen MR) is 97.4 cm³/mol. The van der Waals surface area contributed by atoms with Crippen LogP contribution in [0.5, 0.6) is 5.75 Å². The zero-order chi connectivity index (χ0) is 19.2. The third-order valence-electron chi connectivity index (χ3n) is 3.97. The number of hydrogen-bond acceptors (Lipinski definition) is 4. The van der Waals surface area contributed by atoms with Crippen molar-refractivity contribution < 1.29 is 18.3 Å². The van der Waals surface area contributed by atoms with Gasteiger partial charge in [-0.1, -0.05) is 18.2 Å². The molecule has 3 rings (SSSR count).